The molecule has 3 aromatic rings. The van der Waals surface area contributed by atoms with E-state index < -0.39 is 0 Å². The Hall–Kier alpha value is -2.64. The minimum Gasteiger partial charge on any atom is -0.494 e. The standard InChI is InChI=1S/C21H19BrClN3O3/c1-2-29-16-6-3-14(4-7-16)19-12-20(27)26(13-25-19)10-9-24-21(28)17-11-15(22)5-8-18(17)23/h3-8,11-13H,2,9-10H2,1H3,(H,24,28). The van der Waals surface area contributed by atoms with Gasteiger partial charge in [-0.05, 0) is 49.4 Å². The van der Waals surface area contributed by atoms with Gasteiger partial charge in [0.2, 0.25) is 0 Å². The third-order valence-electron chi connectivity index (χ3n) is 4.15. The molecule has 0 bridgehead atoms. The molecule has 0 atom stereocenters. The van der Waals surface area contributed by atoms with Crippen LogP contribution in [-0.2, 0) is 6.54 Å². The normalized spacial score (nSPS) is 10.6. The SMILES string of the molecule is CCOc1ccc(-c2cc(=O)n(CCNC(=O)c3cc(Br)ccc3Cl)cn2)cc1. The van der Waals surface area contributed by atoms with Crippen LogP contribution in [0.2, 0.25) is 5.02 Å². The molecule has 3 rings (SSSR count). The zero-order valence-corrected chi connectivity index (χ0v) is 18.0. The summed E-state index contributed by atoms with van der Waals surface area (Å²) < 4.78 is 7.62. The first-order valence-electron chi connectivity index (χ1n) is 9.01. The summed E-state index contributed by atoms with van der Waals surface area (Å²) in [5.74, 6) is 0.467. The third kappa shape index (κ3) is 5.46. The Labute approximate surface area is 181 Å². The largest absolute Gasteiger partial charge is 0.494 e. The van der Waals surface area contributed by atoms with Gasteiger partial charge in [0.15, 0.2) is 0 Å². The van der Waals surface area contributed by atoms with Gasteiger partial charge in [0.1, 0.15) is 5.75 Å². The number of hydrogen-bond donors (Lipinski definition) is 1. The molecule has 1 amide bonds. The molecule has 29 heavy (non-hydrogen) atoms. The van der Waals surface area contributed by atoms with Crippen molar-refractivity contribution < 1.29 is 9.53 Å². The van der Waals surface area contributed by atoms with Gasteiger partial charge in [0.05, 0.1) is 29.2 Å². The molecule has 0 aliphatic rings. The van der Waals surface area contributed by atoms with Crippen LogP contribution in [0.5, 0.6) is 5.75 Å². The quantitative estimate of drug-likeness (QED) is 0.556. The van der Waals surface area contributed by atoms with E-state index in [0.717, 1.165) is 15.8 Å². The number of carbonyl (C=O) groups excluding carboxylic acids is 1. The first-order valence-corrected chi connectivity index (χ1v) is 10.2. The van der Waals surface area contributed by atoms with Crippen LogP contribution in [0.4, 0.5) is 0 Å². The summed E-state index contributed by atoms with van der Waals surface area (Å²) in [6.07, 6.45) is 1.48. The smallest absolute Gasteiger partial charge is 0.253 e. The van der Waals surface area contributed by atoms with Crippen molar-refractivity contribution in [3.8, 4) is 17.0 Å². The fourth-order valence-electron chi connectivity index (χ4n) is 2.70. The predicted molar refractivity (Wildman–Crippen MR) is 117 cm³/mol. The molecule has 0 aliphatic carbocycles. The van der Waals surface area contributed by atoms with Crippen LogP contribution < -0.4 is 15.6 Å². The number of halogens is 2. The van der Waals surface area contributed by atoms with Gasteiger partial charge in [-0.15, -0.1) is 0 Å². The second-order valence-electron chi connectivity index (χ2n) is 6.14. The Kier molecular flexibility index (Phi) is 7.06. The Morgan fingerprint density at radius 1 is 1.21 bits per heavy atom. The van der Waals surface area contributed by atoms with E-state index in [-0.39, 0.29) is 18.0 Å². The summed E-state index contributed by atoms with van der Waals surface area (Å²) >= 11 is 9.38. The molecule has 0 fully saturated rings. The minimum atomic E-state index is -0.302. The summed E-state index contributed by atoms with van der Waals surface area (Å²) in [6, 6.07) is 13.9. The summed E-state index contributed by atoms with van der Waals surface area (Å²) in [5.41, 5.74) is 1.59. The van der Waals surface area contributed by atoms with E-state index >= 15 is 0 Å². The Bertz CT molecular complexity index is 1070. The molecule has 0 radical (unpaired) electrons. The number of ether oxygens (including phenoxy) is 1. The molecule has 1 heterocycles. The zero-order valence-electron chi connectivity index (χ0n) is 15.7. The van der Waals surface area contributed by atoms with Gasteiger partial charge >= 0.3 is 0 Å². The van der Waals surface area contributed by atoms with Gasteiger partial charge in [-0.2, -0.15) is 0 Å². The molecule has 0 saturated heterocycles. The van der Waals surface area contributed by atoms with Crippen molar-refractivity contribution >= 4 is 33.4 Å². The molecule has 1 aromatic heterocycles. The van der Waals surface area contributed by atoms with Gasteiger partial charge in [-0.3, -0.25) is 14.2 Å². The number of rotatable bonds is 7. The van der Waals surface area contributed by atoms with Crippen molar-refractivity contribution in [2.24, 2.45) is 0 Å². The van der Waals surface area contributed by atoms with E-state index in [2.05, 4.69) is 26.2 Å². The lowest BCUT2D eigenvalue weighted by molar-refractivity contribution is 0.0952. The van der Waals surface area contributed by atoms with Gasteiger partial charge < -0.3 is 10.1 Å². The fraction of sp³-hybridized carbons (Fsp3) is 0.190. The monoisotopic (exact) mass is 475 g/mol. The van der Waals surface area contributed by atoms with Gasteiger partial charge in [0.25, 0.3) is 11.5 Å². The molecule has 6 nitrogen and oxygen atoms in total. The van der Waals surface area contributed by atoms with E-state index in [0.29, 0.717) is 29.4 Å². The number of aromatic nitrogens is 2. The highest BCUT2D eigenvalue weighted by atomic mass is 79.9. The van der Waals surface area contributed by atoms with Crippen LogP contribution >= 0.6 is 27.5 Å². The molecule has 150 valence electrons. The summed E-state index contributed by atoms with van der Waals surface area (Å²) in [6.45, 7) is 3.08. The number of nitrogens with one attached hydrogen (secondary N) is 1. The Morgan fingerprint density at radius 3 is 2.66 bits per heavy atom. The first kappa shape index (κ1) is 21.1. The topological polar surface area (TPSA) is 73.2 Å². The van der Waals surface area contributed by atoms with Gasteiger partial charge in [-0.1, -0.05) is 27.5 Å². The van der Waals surface area contributed by atoms with E-state index in [9.17, 15) is 9.59 Å². The number of nitrogens with zero attached hydrogens (tertiary/aromatic N) is 2. The molecule has 0 saturated carbocycles. The molecular weight excluding hydrogens is 458 g/mol. The lowest BCUT2D eigenvalue weighted by Gasteiger charge is -2.10. The van der Waals surface area contributed by atoms with Gasteiger partial charge in [-0.25, -0.2) is 4.98 Å². The van der Waals surface area contributed by atoms with E-state index in [1.54, 1.807) is 18.2 Å². The molecule has 0 aliphatic heterocycles. The molecule has 0 spiro atoms. The van der Waals surface area contributed by atoms with Gasteiger partial charge in [0, 0.05) is 29.2 Å². The maximum atomic E-state index is 12.4. The molecule has 2 aromatic carbocycles. The zero-order chi connectivity index (χ0) is 20.8. The summed E-state index contributed by atoms with van der Waals surface area (Å²) in [4.78, 5) is 29.0. The van der Waals surface area contributed by atoms with Crippen molar-refractivity contribution in [3.05, 3.63) is 80.3 Å². The highest BCUT2D eigenvalue weighted by Crippen LogP contribution is 2.21. The van der Waals surface area contributed by atoms with E-state index in [1.807, 2.05) is 31.2 Å². The second kappa shape index (κ2) is 9.71. The molecule has 0 unspecified atom stereocenters. The van der Waals surface area contributed by atoms with Crippen molar-refractivity contribution in [2.45, 2.75) is 13.5 Å². The lowest BCUT2D eigenvalue weighted by atomic mass is 10.1. The van der Waals surface area contributed by atoms with Crippen LogP contribution in [0.3, 0.4) is 0 Å². The number of hydrogen-bond acceptors (Lipinski definition) is 4. The molecular formula is C21H19BrClN3O3. The van der Waals surface area contributed by atoms with E-state index in [4.69, 9.17) is 16.3 Å². The van der Waals surface area contributed by atoms with Crippen molar-refractivity contribution in [3.63, 3.8) is 0 Å². The van der Waals surface area contributed by atoms with Crippen LogP contribution in [0.25, 0.3) is 11.3 Å². The van der Waals surface area contributed by atoms with E-state index in [1.165, 1.54) is 17.0 Å². The average molecular weight is 477 g/mol. The minimum absolute atomic E-state index is 0.196. The molecule has 1 N–H and O–H groups in total. The van der Waals surface area contributed by atoms with Crippen molar-refractivity contribution in [1.82, 2.24) is 14.9 Å². The first-order chi connectivity index (χ1) is 14.0. The highest BCUT2D eigenvalue weighted by Gasteiger charge is 2.11. The Balaban J connectivity index is 1.63. The number of benzene rings is 2. The average Bonchev–Trinajstić information content (AvgIpc) is 2.71. The Morgan fingerprint density at radius 2 is 1.97 bits per heavy atom. The van der Waals surface area contributed by atoms with Crippen molar-refractivity contribution in [2.75, 3.05) is 13.2 Å². The third-order valence-corrected chi connectivity index (χ3v) is 4.97. The summed E-state index contributed by atoms with van der Waals surface area (Å²) in [5, 5.41) is 3.13. The fourth-order valence-corrected chi connectivity index (χ4v) is 3.26. The summed E-state index contributed by atoms with van der Waals surface area (Å²) in [7, 11) is 0. The predicted octanol–water partition coefficient (Wildman–Crippen LogP) is 4.15. The number of carbonyl (C=O) groups is 1. The lowest BCUT2D eigenvalue weighted by Crippen LogP contribution is -2.31. The van der Waals surface area contributed by atoms with Crippen LogP contribution in [-0.4, -0.2) is 28.6 Å². The second-order valence-corrected chi connectivity index (χ2v) is 7.47. The molecule has 8 heteroatoms. The maximum Gasteiger partial charge on any atom is 0.253 e. The highest BCUT2D eigenvalue weighted by molar-refractivity contribution is 9.10. The maximum absolute atomic E-state index is 12.4. The number of amides is 1. The van der Waals surface area contributed by atoms with Crippen molar-refractivity contribution in [1.29, 1.82) is 0 Å². The van der Waals surface area contributed by atoms with Crippen LogP contribution in [0.15, 0.2) is 64.1 Å². The van der Waals surface area contributed by atoms with Crippen LogP contribution in [0.1, 0.15) is 17.3 Å². The van der Waals surface area contributed by atoms with Crippen LogP contribution in [0, 0.1) is 0 Å².